The van der Waals surface area contributed by atoms with Gasteiger partial charge in [0.05, 0.1) is 5.54 Å². The molecule has 0 spiro atoms. The molecule has 0 saturated carbocycles. The van der Waals surface area contributed by atoms with Crippen LogP contribution in [0.15, 0.2) is 0 Å². The highest BCUT2D eigenvalue weighted by Gasteiger charge is 2.35. The van der Waals surface area contributed by atoms with Crippen molar-refractivity contribution in [3.63, 3.8) is 0 Å². The summed E-state index contributed by atoms with van der Waals surface area (Å²) in [6.45, 7) is 3.70. The van der Waals surface area contributed by atoms with Crippen LogP contribution in [0, 0.1) is 5.92 Å². The molecule has 1 rings (SSSR count). The van der Waals surface area contributed by atoms with Crippen LogP contribution >= 0.6 is 0 Å². The Kier molecular flexibility index (Phi) is 7.67. The van der Waals surface area contributed by atoms with Gasteiger partial charge in [-0.15, -0.1) is 0 Å². The Bertz CT molecular complexity index is 341. The topological polar surface area (TPSA) is 102 Å². The summed E-state index contributed by atoms with van der Waals surface area (Å²) in [5.41, 5.74) is 5.30. The summed E-state index contributed by atoms with van der Waals surface area (Å²) in [6.07, 6.45) is 4.78. The molecule has 6 heteroatoms. The normalized spacial score (nSPS) is 19.0. The third kappa shape index (κ3) is 6.44. The van der Waals surface area contributed by atoms with Gasteiger partial charge in [0.25, 0.3) is 0 Å². The van der Waals surface area contributed by atoms with E-state index in [0.29, 0.717) is 44.9 Å². The zero-order valence-corrected chi connectivity index (χ0v) is 12.9. The summed E-state index contributed by atoms with van der Waals surface area (Å²) in [5.74, 6) is -0.530. The number of rotatable bonds is 9. The maximum atomic E-state index is 12.1. The van der Waals surface area contributed by atoms with E-state index in [2.05, 4.69) is 12.2 Å². The minimum absolute atomic E-state index is 0.112. The molecule has 1 aliphatic heterocycles. The lowest BCUT2D eigenvalue weighted by atomic mass is 9.90. The lowest BCUT2D eigenvalue weighted by molar-refractivity contribution is -0.137. The third-order valence-corrected chi connectivity index (χ3v) is 4.14. The predicted molar refractivity (Wildman–Crippen MR) is 79.9 cm³/mol. The Morgan fingerprint density at radius 3 is 2.52 bits per heavy atom. The second-order valence-electron chi connectivity index (χ2n) is 5.90. The molecule has 4 N–H and O–H groups in total. The largest absolute Gasteiger partial charge is 0.481 e. The van der Waals surface area contributed by atoms with E-state index in [-0.39, 0.29) is 12.3 Å². The molecule has 122 valence electrons. The van der Waals surface area contributed by atoms with Crippen molar-refractivity contribution in [2.24, 2.45) is 11.7 Å². The van der Waals surface area contributed by atoms with Crippen LogP contribution in [0.3, 0.4) is 0 Å². The van der Waals surface area contributed by atoms with Crippen LogP contribution in [0.25, 0.3) is 0 Å². The van der Waals surface area contributed by atoms with Crippen LogP contribution in [-0.4, -0.2) is 42.3 Å². The van der Waals surface area contributed by atoms with Crippen LogP contribution < -0.4 is 11.1 Å². The molecule has 0 aliphatic carbocycles. The van der Waals surface area contributed by atoms with Gasteiger partial charge in [0.15, 0.2) is 0 Å². The van der Waals surface area contributed by atoms with Crippen LogP contribution in [-0.2, 0) is 14.3 Å². The molecule has 0 aromatic heterocycles. The zero-order chi connectivity index (χ0) is 15.7. The first kappa shape index (κ1) is 17.9. The second-order valence-corrected chi connectivity index (χ2v) is 5.90. The molecule has 0 aromatic carbocycles. The van der Waals surface area contributed by atoms with Crippen molar-refractivity contribution in [1.82, 2.24) is 5.32 Å². The highest BCUT2D eigenvalue weighted by atomic mass is 16.5. The number of carboxylic acids is 1. The Hall–Kier alpha value is -1.14. The zero-order valence-electron chi connectivity index (χ0n) is 12.9. The molecule has 0 bridgehead atoms. The standard InChI is InChI=1S/C15H28N2O4/c1-2-3-12(4-5-13(18)19)6-9-17-14(20)15(16)7-10-21-11-8-15/h12H,2-11,16H2,1H3,(H,17,20)(H,18,19). The van der Waals surface area contributed by atoms with E-state index in [0.717, 1.165) is 19.3 Å². The first-order valence-corrected chi connectivity index (χ1v) is 7.84. The summed E-state index contributed by atoms with van der Waals surface area (Å²) in [6, 6.07) is 0. The van der Waals surface area contributed by atoms with Crippen molar-refractivity contribution >= 4 is 11.9 Å². The van der Waals surface area contributed by atoms with Gasteiger partial charge in [-0.2, -0.15) is 0 Å². The van der Waals surface area contributed by atoms with Gasteiger partial charge in [-0.25, -0.2) is 0 Å². The maximum Gasteiger partial charge on any atom is 0.303 e. The number of aliphatic carboxylic acids is 1. The van der Waals surface area contributed by atoms with E-state index < -0.39 is 11.5 Å². The van der Waals surface area contributed by atoms with Crippen LogP contribution in [0.5, 0.6) is 0 Å². The van der Waals surface area contributed by atoms with Gasteiger partial charge in [0.1, 0.15) is 0 Å². The number of amides is 1. The number of hydrogen-bond acceptors (Lipinski definition) is 4. The van der Waals surface area contributed by atoms with Crippen molar-refractivity contribution in [3.05, 3.63) is 0 Å². The molecule has 1 heterocycles. The molecule has 0 aromatic rings. The summed E-state index contributed by atoms with van der Waals surface area (Å²) in [5, 5.41) is 11.7. The smallest absolute Gasteiger partial charge is 0.303 e. The number of carboxylic acid groups (broad SMARTS) is 1. The van der Waals surface area contributed by atoms with Crippen molar-refractivity contribution in [3.8, 4) is 0 Å². The van der Waals surface area contributed by atoms with E-state index in [1.54, 1.807) is 0 Å². The highest BCUT2D eigenvalue weighted by molar-refractivity contribution is 5.86. The van der Waals surface area contributed by atoms with Gasteiger partial charge >= 0.3 is 5.97 Å². The number of hydrogen-bond donors (Lipinski definition) is 3. The van der Waals surface area contributed by atoms with Crippen LogP contribution in [0.1, 0.15) is 51.9 Å². The Balaban J connectivity index is 2.31. The molecule has 1 amide bonds. The predicted octanol–water partition coefficient (Wildman–Crippen LogP) is 1.28. The lowest BCUT2D eigenvalue weighted by Crippen LogP contribution is -2.57. The molecule has 1 atom stereocenters. The molecule has 1 unspecified atom stereocenters. The summed E-state index contributed by atoms with van der Waals surface area (Å²) < 4.78 is 5.23. The minimum atomic E-state index is -0.806. The van der Waals surface area contributed by atoms with Crippen molar-refractivity contribution in [1.29, 1.82) is 0 Å². The van der Waals surface area contributed by atoms with Gasteiger partial charge in [-0.3, -0.25) is 9.59 Å². The second kappa shape index (κ2) is 9.00. The quantitative estimate of drug-likeness (QED) is 0.595. The van der Waals surface area contributed by atoms with Gasteiger partial charge in [-0.1, -0.05) is 19.8 Å². The third-order valence-electron chi connectivity index (χ3n) is 4.14. The van der Waals surface area contributed by atoms with Crippen molar-refractivity contribution < 1.29 is 19.4 Å². The first-order chi connectivity index (χ1) is 9.98. The fourth-order valence-electron chi connectivity index (χ4n) is 2.70. The fraction of sp³-hybridized carbons (Fsp3) is 0.867. The first-order valence-electron chi connectivity index (χ1n) is 7.84. The maximum absolute atomic E-state index is 12.1. The fourth-order valence-corrected chi connectivity index (χ4v) is 2.70. The van der Waals surface area contributed by atoms with Crippen LogP contribution in [0.2, 0.25) is 0 Å². The van der Waals surface area contributed by atoms with Crippen LogP contribution in [0.4, 0.5) is 0 Å². The Labute approximate surface area is 126 Å². The molecule has 21 heavy (non-hydrogen) atoms. The summed E-state index contributed by atoms with van der Waals surface area (Å²) in [7, 11) is 0. The monoisotopic (exact) mass is 300 g/mol. The number of carbonyl (C=O) groups excluding carboxylic acids is 1. The number of carbonyl (C=O) groups is 2. The SMILES string of the molecule is CCCC(CCNC(=O)C1(N)CCOCC1)CCC(=O)O. The van der Waals surface area contributed by atoms with E-state index in [9.17, 15) is 9.59 Å². The molecular formula is C15H28N2O4. The Morgan fingerprint density at radius 2 is 1.95 bits per heavy atom. The summed E-state index contributed by atoms with van der Waals surface area (Å²) in [4.78, 5) is 22.8. The molecular weight excluding hydrogens is 272 g/mol. The van der Waals surface area contributed by atoms with E-state index >= 15 is 0 Å². The molecule has 1 fully saturated rings. The molecule has 0 radical (unpaired) electrons. The number of ether oxygens (including phenoxy) is 1. The van der Waals surface area contributed by atoms with Crippen molar-refractivity contribution in [2.45, 2.75) is 57.4 Å². The summed E-state index contributed by atoms with van der Waals surface area (Å²) >= 11 is 0. The van der Waals surface area contributed by atoms with E-state index in [1.807, 2.05) is 0 Å². The number of nitrogens with one attached hydrogen (secondary N) is 1. The average molecular weight is 300 g/mol. The van der Waals surface area contributed by atoms with Gasteiger partial charge in [-0.05, 0) is 31.6 Å². The Morgan fingerprint density at radius 1 is 1.29 bits per heavy atom. The molecule has 1 aliphatic rings. The minimum Gasteiger partial charge on any atom is -0.481 e. The van der Waals surface area contributed by atoms with E-state index in [1.165, 1.54) is 0 Å². The molecule has 6 nitrogen and oxygen atoms in total. The lowest BCUT2D eigenvalue weighted by Gasteiger charge is -2.32. The van der Waals surface area contributed by atoms with Gasteiger partial charge in [0.2, 0.25) is 5.91 Å². The van der Waals surface area contributed by atoms with Gasteiger partial charge in [0, 0.05) is 26.2 Å². The van der Waals surface area contributed by atoms with Crippen molar-refractivity contribution in [2.75, 3.05) is 19.8 Å². The van der Waals surface area contributed by atoms with Gasteiger partial charge < -0.3 is 20.9 Å². The van der Waals surface area contributed by atoms with E-state index in [4.69, 9.17) is 15.6 Å². The number of nitrogens with two attached hydrogens (primary N) is 1. The molecule has 1 saturated heterocycles. The highest BCUT2D eigenvalue weighted by Crippen LogP contribution is 2.19. The average Bonchev–Trinajstić information content (AvgIpc) is 2.45.